The van der Waals surface area contributed by atoms with Gasteiger partial charge in [0.1, 0.15) is 0 Å². The molecular formula is C30H29Cl2N5O3S2. The molecule has 0 atom stereocenters. The first-order valence-corrected chi connectivity index (χ1v) is 16.0. The molecule has 3 heterocycles. The fourth-order valence-corrected chi connectivity index (χ4v) is 6.61. The van der Waals surface area contributed by atoms with Crippen LogP contribution in [0.25, 0.3) is 11.3 Å². The molecule has 4 aromatic rings. The minimum atomic E-state index is -0.316. The smallest absolute Gasteiger partial charge is 0.257 e. The third-order valence-corrected chi connectivity index (χ3v) is 9.74. The van der Waals surface area contributed by atoms with Gasteiger partial charge in [-0.25, -0.2) is 4.98 Å². The Kier molecular flexibility index (Phi) is 10.0. The average molecular weight is 643 g/mol. The number of hydrogen-bond donors (Lipinski definition) is 3. The molecule has 2 aromatic carbocycles. The first-order chi connectivity index (χ1) is 20.2. The quantitative estimate of drug-likeness (QED) is 0.187. The van der Waals surface area contributed by atoms with Crippen molar-refractivity contribution in [1.82, 2.24) is 20.2 Å². The van der Waals surface area contributed by atoms with E-state index in [2.05, 4.69) is 20.5 Å². The van der Waals surface area contributed by atoms with E-state index in [1.54, 1.807) is 0 Å². The molecule has 0 unspecified atom stereocenters. The predicted molar refractivity (Wildman–Crippen MR) is 171 cm³/mol. The van der Waals surface area contributed by atoms with E-state index in [4.69, 9.17) is 28.2 Å². The van der Waals surface area contributed by atoms with Gasteiger partial charge in [-0.2, -0.15) is 0 Å². The van der Waals surface area contributed by atoms with Gasteiger partial charge in [0.2, 0.25) is 11.5 Å². The normalized spacial score (nSPS) is 14.1. The average Bonchev–Trinajstić information content (AvgIpc) is 3.46. The van der Waals surface area contributed by atoms with E-state index in [9.17, 15) is 14.4 Å². The molecule has 2 aromatic heterocycles. The molecule has 1 saturated heterocycles. The monoisotopic (exact) mass is 641 g/mol. The Hall–Kier alpha value is -3.15. The van der Waals surface area contributed by atoms with Crippen LogP contribution in [-0.2, 0) is 11.3 Å². The van der Waals surface area contributed by atoms with Crippen LogP contribution in [0.5, 0.6) is 0 Å². The van der Waals surface area contributed by atoms with Crippen LogP contribution in [0.3, 0.4) is 0 Å². The number of anilines is 1. The summed E-state index contributed by atoms with van der Waals surface area (Å²) in [6.45, 7) is 4.52. The van der Waals surface area contributed by atoms with Gasteiger partial charge in [0.25, 0.3) is 5.91 Å². The highest BCUT2D eigenvalue weighted by Crippen LogP contribution is 2.31. The number of hydrogen-bond acceptors (Lipinski definition) is 7. The maximum atomic E-state index is 12.7. The number of aromatic amines is 1. The van der Waals surface area contributed by atoms with Crippen molar-refractivity contribution in [2.24, 2.45) is 0 Å². The second-order valence-electron chi connectivity index (χ2n) is 10.1. The van der Waals surface area contributed by atoms with Gasteiger partial charge in [0.15, 0.2) is 4.34 Å². The molecule has 0 aliphatic carbocycles. The molecule has 0 bridgehead atoms. The molecule has 42 heavy (non-hydrogen) atoms. The molecule has 3 N–H and O–H groups in total. The zero-order valence-corrected chi connectivity index (χ0v) is 25.9. The topological polar surface area (TPSA) is 107 Å². The largest absolute Gasteiger partial charge is 0.353 e. The van der Waals surface area contributed by atoms with Crippen LogP contribution in [0.4, 0.5) is 5.69 Å². The first-order valence-electron chi connectivity index (χ1n) is 13.4. The highest BCUT2D eigenvalue weighted by Gasteiger charge is 2.21. The summed E-state index contributed by atoms with van der Waals surface area (Å²) in [6, 6.07) is 14.4. The molecule has 1 aliphatic heterocycles. The molecule has 0 spiro atoms. The zero-order valence-electron chi connectivity index (χ0n) is 22.8. The van der Waals surface area contributed by atoms with Crippen LogP contribution >= 0.6 is 46.3 Å². The second kappa shape index (κ2) is 13.9. The Bertz CT molecular complexity index is 1630. The maximum absolute atomic E-state index is 12.7. The summed E-state index contributed by atoms with van der Waals surface area (Å²) in [6.07, 6.45) is 3.18. The number of nitrogens with one attached hydrogen (secondary N) is 3. The summed E-state index contributed by atoms with van der Waals surface area (Å²) in [5, 5.41) is 9.15. The van der Waals surface area contributed by atoms with Gasteiger partial charge >= 0.3 is 0 Å². The van der Waals surface area contributed by atoms with Crippen LogP contribution in [0.2, 0.25) is 10.0 Å². The van der Waals surface area contributed by atoms with E-state index in [0.717, 1.165) is 59.2 Å². The van der Waals surface area contributed by atoms with E-state index >= 15 is 0 Å². The second-order valence-corrected chi connectivity index (χ2v) is 13.0. The van der Waals surface area contributed by atoms with Crippen molar-refractivity contribution in [3.63, 3.8) is 0 Å². The Morgan fingerprint density at radius 1 is 1.10 bits per heavy atom. The van der Waals surface area contributed by atoms with Gasteiger partial charge in [-0.05, 0) is 55.2 Å². The summed E-state index contributed by atoms with van der Waals surface area (Å²) >= 11 is 15.1. The third-order valence-electron chi connectivity index (χ3n) is 6.98. The molecule has 2 amide bonds. The lowest BCUT2D eigenvalue weighted by atomic mass is 10.0. The number of aromatic nitrogens is 2. The van der Waals surface area contributed by atoms with E-state index in [-0.39, 0.29) is 23.4 Å². The van der Waals surface area contributed by atoms with Crippen molar-refractivity contribution in [3.8, 4) is 11.3 Å². The van der Waals surface area contributed by atoms with Crippen LogP contribution in [-0.4, -0.2) is 51.6 Å². The molecule has 1 aliphatic rings. The third kappa shape index (κ3) is 8.02. The van der Waals surface area contributed by atoms with Crippen molar-refractivity contribution in [3.05, 3.63) is 97.2 Å². The molecule has 12 heteroatoms. The van der Waals surface area contributed by atoms with Gasteiger partial charge in [-0.3, -0.25) is 19.3 Å². The first kappa shape index (κ1) is 30.3. The number of thioether (sulfide) groups is 1. The fourth-order valence-electron chi connectivity index (χ4n) is 4.65. The summed E-state index contributed by atoms with van der Waals surface area (Å²) in [4.78, 5) is 46.2. The summed E-state index contributed by atoms with van der Waals surface area (Å²) in [7, 11) is 0. The van der Waals surface area contributed by atoms with Crippen molar-refractivity contribution < 1.29 is 9.59 Å². The number of carbonyl (C=O) groups is 2. The standard InChI is InChI=1S/C30H29Cl2N5O3S2/c1-18-2-4-20(13-25(18)35-29(40)21-5-7-27(38)33-14-21)26-16-41-30(36-26)42-17-28(39)34-22-8-10-37(11-9-22)15-19-3-6-23(31)24(32)12-19/h2-7,12-14,16,22H,8-11,15,17H2,1H3,(H,33,38)(H,34,39)(H,35,40). The lowest BCUT2D eigenvalue weighted by Crippen LogP contribution is -2.44. The molecular weight excluding hydrogens is 613 g/mol. The van der Waals surface area contributed by atoms with Crippen LogP contribution in [0, 0.1) is 6.92 Å². The zero-order chi connectivity index (χ0) is 29.6. The number of nitrogens with zero attached hydrogens (tertiary/aromatic N) is 2. The van der Waals surface area contributed by atoms with Gasteiger partial charge in [0.05, 0.1) is 27.1 Å². The Morgan fingerprint density at radius 3 is 2.64 bits per heavy atom. The highest BCUT2D eigenvalue weighted by molar-refractivity contribution is 8.01. The number of carbonyl (C=O) groups excluding carboxylic acids is 2. The lowest BCUT2D eigenvalue weighted by Gasteiger charge is -2.32. The van der Waals surface area contributed by atoms with Crippen LogP contribution in [0.15, 0.2) is 69.2 Å². The van der Waals surface area contributed by atoms with Crippen LogP contribution in [0.1, 0.15) is 34.3 Å². The lowest BCUT2D eigenvalue weighted by molar-refractivity contribution is -0.119. The van der Waals surface area contributed by atoms with E-state index in [1.807, 2.05) is 48.7 Å². The van der Waals surface area contributed by atoms with Gasteiger partial charge in [-0.15, -0.1) is 11.3 Å². The van der Waals surface area contributed by atoms with Crippen molar-refractivity contribution in [2.45, 2.75) is 36.7 Å². The summed E-state index contributed by atoms with van der Waals surface area (Å²) < 4.78 is 0.802. The Morgan fingerprint density at radius 2 is 1.90 bits per heavy atom. The summed E-state index contributed by atoms with van der Waals surface area (Å²) in [5.74, 6) is -0.0170. The predicted octanol–water partition coefficient (Wildman–Crippen LogP) is 6.24. The maximum Gasteiger partial charge on any atom is 0.257 e. The fraction of sp³-hybridized carbons (Fsp3) is 0.267. The van der Waals surface area contributed by atoms with E-state index < -0.39 is 0 Å². The number of likely N-dealkylation sites (tertiary alicyclic amines) is 1. The Balaban J connectivity index is 1.09. The highest BCUT2D eigenvalue weighted by atomic mass is 35.5. The summed E-state index contributed by atoms with van der Waals surface area (Å²) in [5.41, 5.74) is 4.42. The number of rotatable bonds is 9. The number of benzene rings is 2. The van der Waals surface area contributed by atoms with Crippen LogP contribution < -0.4 is 16.2 Å². The van der Waals surface area contributed by atoms with Gasteiger partial charge in [0, 0.05) is 54.6 Å². The van der Waals surface area contributed by atoms with Gasteiger partial charge in [-0.1, -0.05) is 53.2 Å². The van der Waals surface area contributed by atoms with Gasteiger partial charge < -0.3 is 15.6 Å². The molecule has 218 valence electrons. The van der Waals surface area contributed by atoms with E-state index in [1.165, 1.54) is 41.4 Å². The number of amides is 2. The molecule has 1 fully saturated rings. The Labute approximate surface area is 261 Å². The minimum Gasteiger partial charge on any atom is -0.353 e. The number of aryl methyl sites for hydroxylation is 1. The van der Waals surface area contributed by atoms with Crippen molar-refractivity contribution >= 4 is 63.8 Å². The van der Waals surface area contributed by atoms with Crippen molar-refractivity contribution in [2.75, 3.05) is 24.2 Å². The number of thiazole rings is 1. The molecule has 5 rings (SSSR count). The SMILES string of the molecule is Cc1ccc(-c2csc(SCC(=O)NC3CCN(Cc4ccc(Cl)c(Cl)c4)CC3)n2)cc1NC(=O)c1ccc(=O)[nH]c1. The molecule has 0 saturated carbocycles. The number of piperidine rings is 1. The number of pyridine rings is 1. The molecule has 8 nitrogen and oxygen atoms in total. The number of H-pyrrole nitrogens is 1. The van der Waals surface area contributed by atoms with E-state index in [0.29, 0.717) is 27.0 Å². The molecule has 0 radical (unpaired) electrons. The van der Waals surface area contributed by atoms with Crippen molar-refractivity contribution in [1.29, 1.82) is 0 Å². The number of halogens is 2. The minimum absolute atomic E-state index is 0.00211.